The Hall–Kier alpha value is -1.48. The second-order valence-electron chi connectivity index (χ2n) is 2.92. The third-order valence-corrected chi connectivity index (χ3v) is 2.65. The number of pyridine rings is 1. The second kappa shape index (κ2) is 4.15. The minimum atomic E-state index is 0.959. The lowest BCUT2D eigenvalue weighted by Gasteiger charge is -1.88. The summed E-state index contributed by atoms with van der Waals surface area (Å²) >= 11 is 1.64. The zero-order chi connectivity index (χ0) is 9.80. The third-order valence-electron chi connectivity index (χ3n) is 1.72. The van der Waals surface area contributed by atoms with Gasteiger partial charge in [-0.3, -0.25) is 4.98 Å². The Morgan fingerprint density at radius 2 is 2.21 bits per heavy atom. The van der Waals surface area contributed by atoms with Crippen LogP contribution in [0.5, 0.6) is 0 Å². The zero-order valence-corrected chi connectivity index (χ0v) is 8.66. The van der Waals surface area contributed by atoms with Crippen molar-refractivity contribution in [1.82, 2.24) is 9.97 Å². The molecule has 14 heavy (non-hydrogen) atoms. The zero-order valence-electron chi connectivity index (χ0n) is 7.84. The summed E-state index contributed by atoms with van der Waals surface area (Å²) in [4.78, 5) is 8.52. The van der Waals surface area contributed by atoms with Gasteiger partial charge in [-0.1, -0.05) is 6.07 Å². The smallest absolute Gasteiger partial charge is 0.116 e. The number of thiazole rings is 1. The number of aryl methyl sites for hydroxylation is 1. The first-order chi connectivity index (χ1) is 6.84. The van der Waals surface area contributed by atoms with E-state index in [4.69, 9.17) is 0 Å². The summed E-state index contributed by atoms with van der Waals surface area (Å²) in [6.07, 6.45) is 5.74. The summed E-state index contributed by atoms with van der Waals surface area (Å²) in [5.74, 6) is 0. The first kappa shape index (κ1) is 9.09. The van der Waals surface area contributed by atoms with Gasteiger partial charge in [0.05, 0.1) is 5.69 Å². The summed E-state index contributed by atoms with van der Waals surface area (Å²) in [6.45, 7) is 1.99. The molecular weight excluding hydrogens is 192 g/mol. The van der Waals surface area contributed by atoms with Crippen molar-refractivity contribution in [3.05, 3.63) is 46.2 Å². The molecule has 0 radical (unpaired) electrons. The lowest BCUT2D eigenvalue weighted by molar-refractivity contribution is 1.25. The van der Waals surface area contributed by atoms with Gasteiger partial charge in [-0.05, 0) is 31.2 Å². The molecule has 0 saturated carbocycles. The van der Waals surface area contributed by atoms with Crippen molar-refractivity contribution < 1.29 is 0 Å². The quantitative estimate of drug-likeness (QED) is 0.748. The highest BCUT2D eigenvalue weighted by Crippen LogP contribution is 2.11. The summed E-state index contributed by atoms with van der Waals surface area (Å²) in [5.41, 5.74) is 2.02. The summed E-state index contributed by atoms with van der Waals surface area (Å²) in [7, 11) is 0. The largest absolute Gasteiger partial charge is 0.257 e. The van der Waals surface area contributed by atoms with E-state index in [1.54, 1.807) is 17.5 Å². The molecule has 0 bridgehead atoms. The minimum absolute atomic E-state index is 0.959. The van der Waals surface area contributed by atoms with E-state index in [0.717, 1.165) is 16.4 Å². The number of nitrogens with zero attached hydrogens (tertiary/aromatic N) is 2. The molecule has 0 unspecified atom stereocenters. The molecule has 0 aromatic carbocycles. The molecule has 0 N–H and O–H groups in total. The van der Waals surface area contributed by atoms with Crippen LogP contribution in [0.15, 0.2) is 29.8 Å². The molecule has 2 nitrogen and oxygen atoms in total. The first-order valence-electron chi connectivity index (χ1n) is 4.36. The molecule has 2 aromatic heterocycles. The Kier molecular flexibility index (Phi) is 2.70. The normalized spacial score (nSPS) is 10.9. The van der Waals surface area contributed by atoms with Gasteiger partial charge in [-0.2, -0.15) is 0 Å². The van der Waals surface area contributed by atoms with E-state index >= 15 is 0 Å². The van der Waals surface area contributed by atoms with Crippen molar-refractivity contribution >= 4 is 23.5 Å². The van der Waals surface area contributed by atoms with Gasteiger partial charge in [-0.25, -0.2) is 4.98 Å². The Morgan fingerprint density at radius 1 is 1.29 bits per heavy atom. The van der Waals surface area contributed by atoms with Gasteiger partial charge in [0, 0.05) is 17.3 Å². The highest BCUT2D eigenvalue weighted by molar-refractivity contribution is 7.10. The van der Waals surface area contributed by atoms with Crippen LogP contribution < -0.4 is 0 Å². The predicted molar refractivity (Wildman–Crippen MR) is 60.0 cm³/mol. The predicted octanol–water partition coefficient (Wildman–Crippen LogP) is 3.02. The standard InChI is InChI=1S/C11H10N2S/c1-9-8-14-11(13-9)6-5-10-4-2-3-7-12-10/h2-8H,1H3. The van der Waals surface area contributed by atoms with Gasteiger partial charge in [0.2, 0.25) is 0 Å². The average molecular weight is 202 g/mol. The monoisotopic (exact) mass is 202 g/mol. The SMILES string of the molecule is Cc1csc(C=Cc2ccccn2)n1. The Balaban J connectivity index is 2.15. The molecule has 70 valence electrons. The van der Waals surface area contributed by atoms with Gasteiger partial charge in [-0.15, -0.1) is 11.3 Å². The van der Waals surface area contributed by atoms with Crippen molar-refractivity contribution in [2.24, 2.45) is 0 Å². The molecule has 0 aliphatic heterocycles. The fourth-order valence-electron chi connectivity index (χ4n) is 1.08. The van der Waals surface area contributed by atoms with Crippen LogP contribution in [0.4, 0.5) is 0 Å². The lowest BCUT2D eigenvalue weighted by Crippen LogP contribution is -1.76. The molecule has 2 heterocycles. The lowest BCUT2D eigenvalue weighted by atomic mass is 10.3. The van der Waals surface area contributed by atoms with Gasteiger partial charge < -0.3 is 0 Å². The van der Waals surface area contributed by atoms with Crippen LogP contribution in [0.3, 0.4) is 0 Å². The minimum Gasteiger partial charge on any atom is -0.257 e. The number of rotatable bonds is 2. The van der Waals surface area contributed by atoms with Crippen LogP contribution >= 0.6 is 11.3 Å². The van der Waals surface area contributed by atoms with Gasteiger partial charge in [0.15, 0.2) is 0 Å². The summed E-state index contributed by atoms with van der Waals surface area (Å²) < 4.78 is 0. The first-order valence-corrected chi connectivity index (χ1v) is 5.24. The molecular formula is C11H10N2S. The highest BCUT2D eigenvalue weighted by Gasteiger charge is 1.92. The number of hydrogen-bond donors (Lipinski definition) is 0. The van der Waals surface area contributed by atoms with Crippen molar-refractivity contribution in [2.75, 3.05) is 0 Å². The van der Waals surface area contributed by atoms with Crippen molar-refractivity contribution in [1.29, 1.82) is 0 Å². The molecule has 0 amide bonds. The van der Waals surface area contributed by atoms with Gasteiger partial charge in [0.25, 0.3) is 0 Å². The molecule has 3 heteroatoms. The fourth-order valence-corrected chi connectivity index (χ4v) is 1.77. The number of hydrogen-bond acceptors (Lipinski definition) is 3. The molecule has 0 aliphatic rings. The number of aromatic nitrogens is 2. The van der Waals surface area contributed by atoms with Crippen molar-refractivity contribution in [3.8, 4) is 0 Å². The van der Waals surface area contributed by atoms with Gasteiger partial charge in [0.1, 0.15) is 5.01 Å². The van der Waals surface area contributed by atoms with E-state index in [2.05, 4.69) is 9.97 Å². The van der Waals surface area contributed by atoms with Gasteiger partial charge >= 0.3 is 0 Å². The molecule has 0 atom stereocenters. The molecule has 0 fully saturated rings. The Morgan fingerprint density at radius 3 is 2.86 bits per heavy atom. The van der Waals surface area contributed by atoms with Crippen LogP contribution in [0.2, 0.25) is 0 Å². The van der Waals surface area contributed by atoms with Crippen LogP contribution in [-0.2, 0) is 0 Å². The van der Waals surface area contributed by atoms with E-state index in [1.165, 1.54) is 0 Å². The van der Waals surface area contributed by atoms with Crippen LogP contribution in [0.25, 0.3) is 12.2 Å². The molecule has 0 saturated heterocycles. The van der Waals surface area contributed by atoms with Crippen LogP contribution in [0.1, 0.15) is 16.4 Å². The van der Waals surface area contributed by atoms with Crippen LogP contribution in [-0.4, -0.2) is 9.97 Å². The molecule has 0 spiro atoms. The van der Waals surface area contributed by atoms with E-state index in [-0.39, 0.29) is 0 Å². The molecule has 2 aromatic rings. The van der Waals surface area contributed by atoms with E-state index in [9.17, 15) is 0 Å². The van der Waals surface area contributed by atoms with Crippen LogP contribution in [0, 0.1) is 6.92 Å². The van der Waals surface area contributed by atoms with E-state index in [0.29, 0.717) is 0 Å². The topological polar surface area (TPSA) is 25.8 Å². The molecule has 0 aliphatic carbocycles. The Labute approximate surface area is 87.0 Å². The fraction of sp³-hybridized carbons (Fsp3) is 0.0909. The highest BCUT2D eigenvalue weighted by atomic mass is 32.1. The summed E-state index contributed by atoms with van der Waals surface area (Å²) in [6, 6.07) is 5.85. The maximum absolute atomic E-state index is 4.33. The van der Waals surface area contributed by atoms with Crippen molar-refractivity contribution in [3.63, 3.8) is 0 Å². The molecule has 2 rings (SSSR count). The maximum atomic E-state index is 4.33. The Bertz CT molecular complexity index is 432. The summed E-state index contributed by atoms with van der Waals surface area (Å²) in [5, 5.41) is 3.06. The van der Waals surface area contributed by atoms with Crippen molar-refractivity contribution in [2.45, 2.75) is 6.92 Å². The van der Waals surface area contributed by atoms with E-state index < -0.39 is 0 Å². The average Bonchev–Trinajstić information content (AvgIpc) is 2.63. The third kappa shape index (κ3) is 2.26. The second-order valence-corrected chi connectivity index (χ2v) is 3.80. The van der Waals surface area contributed by atoms with E-state index in [1.807, 2.05) is 42.7 Å². The maximum Gasteiger partial charge on any atom is 0.116 e.